The maximum absolute atomic E-state index is 13.5. The minimum atomic E-state index is -0.671. The minimum absolute atomic E-state index is 0.169. The van der Waals surface area contributed by atoms with E-state index in [1.54, 1.807) is 35.8 Å². The van der Waals surface area contributed by atoms with Crippen LogP contribution in [0.5, 0.6) is 0 Å². The van der Waals surface area contributed by atoms with Crippen LogP contribution in [0.15, 0.2) is 67.1 Å². The molecule has 0 saturated carbocycles. The number of nitrogens with one attached hydrogen (secondary N) is 2. The summed E-state index contributed by atoms with van der Waals surface area (Å²) >= 11 is 0. The summed E-state index contributed by atoms with van der Waals surface area (Å²) in [5.41, 5.74) is 3.24. The third-order valence-corrected chi connectivity index (χ3v) is 5.78. The first-order chi connectivity index (χ1) is 16.0. The molecular weight excluding hydrogens is 418 g/mol. The molecule has 0 aliphatic carbocycles. The molecule has 33 heavy (non-hydrogen) atoms. The molecule has 0 fully saturated rings. The number of fused-ring (bicyclic) bond motifs is 1. The van der Waals surface area contributed by atoms with Gasteiger partial charge in [0, 0.05) is 25.2 Å². The number of hydrogen-bond donors (Lipinski definition) is 2. The molecule has 2 atom stereocenters. The van der Waals surface area contributed by atoms with Crippen LogP contribution in [0, 0.1) is 0 Å². The summed E-state index contributed by atoms with van der Waals surface area (Å²) in [5.74, 6) is -0.648. The van der Waals surface area contributed by atoms with E-state index in [4.69, 9.17) is 0 Å². The zero-order chi connectivity index (χ0) is 23.4. The Morgan fingerprint density at radius 2 is 1.82 bits per heavy atom. The molecule has 0 spiro atoms. The summed E-state index contributed by atoms with van der Waals surface area (Å²) < 4.78 is 1.76. The number of nitrogens with zero attached hydrogens (tertiary/aromatic N) is 3. The fraction of sp³-hybridized carbons (Fsp3) is 0.280. The summed E-state index contributed by atoms with van der Waals surface area (Å²) in [6.45, 7) is 4.14. The number of imidazole rings is 1. The van der Waals surface area contributed by atoms with Gasteiger partial charge < -0.3 is 15.5 Å². The fourth-order valence-corrected chi connectivity index (χ4v) is 4.00. The summed E-state index contributed by atoms with van der Waals surface area (Å²) in [4.78, 5) is 43.9. The van der Waals surface area contributed by atoms with Crippen LogP contribution in [0.3, 0.4) is 0 Å². The molecule has 2 unspecified atom stereocenters. The molecular formula is C25H27N5O3. The molecule has 8 heteroatoms. The van der Waals surface area contributed by atoms with E-state index in [1.807, 2.05) is 54.6 Å². The third-order valence-electron chi connectivity index (χ3n) is 5.78. The van der Waals surface area contributed by atoms with Gasteiger partial charge in [-0.3, -0.25) is 19.0 Å². The largest absolute Gasteiger partial charge is 0.346 e. The van der Waals surface area contributed by atoms with Gasteiger partial charge in [0.25, 0.3) is 5.91 Å². The molecule has 0 radical (unpaired) electrons. The Hall–Kier alpha value is -3.94. The Balaban J connectivity index is 1.57. The van der Waals surface area contributed by atoms with Gasteiger partial charge in [0.05, 0.1) is 18.6 Å². The fourth-order valence-electron chi connectivity index (χ4n) is 4.00. The average molecular weight is 446 g/mol. The molecule has 170 valence electrons. The van der Waals surface area contributed by atoms with Crippen molar-refractivity contribution in [3.63, 3.8) is 0 Å². The molecule has 0 bridgehead atoms. The van der Waals surface area contributed by atoms with Crippen LogP contribution in [0.25, 0.3) is 5.69 Å². The maximum Gasteiger partial charge on any atom is 0.272 e. The van der Waals surface area contributed by atoms with Gasteiger partial charge in [-0.05, 0) is 30.2 Å². The van der Waals surface area contributed by atoms with Gasteiger partial charge in [0.1, 0.15) is 11.7 Å². The van der Waals surface area contributed by atoms with Gasteiger partial charge >= 0.3 is 0 Å². The Morgan fingerprint density at radius 3 is 2.58 bits per heavy atom. The highest BCUT2D eigenvalue weighted by Gasteiger charge is 2.31. The lowest BCUT2D eigenvalue weighted by molar-refractivity contribution is -0.129. The third kappa shape index (κ3) is 4.79. The number of amides is 3. The predicted molar refractivity (Wildman–Crippen MR) is 124 cm³/mol. The first-order valence-electron chi connectivity index (χ1n) is 11.0. The van der Waals surface area contributed by atoms with Crippen molar-refractivity contribution in [3.05, 3.63) is 83.9 Å². The van der Waals surface area contributed by atoms with Gasteiger partial charge in [-0.15, -0.1) is 0 Å². The van der Waals surface area contributed by atoms with Crippen LogP contribution >= 0.6 is 0 Å². The topological polar surface area (TPSA) is 96.3 Å². The second kappa shape index (κ2) is 9.68. The molecule has 1 aliphatic heterocycles. The Kier molecular flexibility index (Phi) is 6.53. The average Bonchev–Trinajstić information content (AvgIpc) is 3.33. The van der Waals surface area contributed by atoms with E-state index in [0.717, 1.165) is 16.8 Å². The summed E-state index contributed by atoms with van der Waals surface area (Å²) in [6.07, 6.45) is 3.49. The van der Waals surface area contributed by atoms with Crippen molar-refractivity contribution in [1.29, 1.82) is 0 Å². The lowest BCUT2D eigenvalue weighted by Gasteiger charge is -2.35. The standard InChI is InChI=1S/C25H27N5O3/c1-3-23(31)27-17(2)24(32)28-21-15-29(14-18-9-7-8-12-20(18)21)25(33)22-13-26-16-30(22)19-10-5-4-6-11-19/h4-13,16-17,21H,3,14-15H2,1-2H3,(H,27,31)(H,28,32). The number of para-hydroxylation sites is 1. The molecule has 3 amide bonds. The van der Waals surface area contributed by atoms with E-state index in [-0.39, 0.29) is 23.8 Å². The number of carbonyl (C=O) groups excluding carboxylic acids is 3. The highest BCUT2D eigenvalue weighted by Crippen LogP contribution is 2.28. The monoisotopic (exact) mass is 445 g/mol. The van der Waals surface area contributed by atoms with Crippen molar-refractivity contribution >= 4 is 17.7 Å². The molecule has 3 aromatic rings. The predicted octanol–water partition coefficient (Wildman–Crippen LogP) is 2.60. The van der Waals surface area contributed by atoms with E-state index in [2.05, 4.69) is 15.6 Å². The molecule has 2 aromatic carbocycles. The van der Waals surface area contributed by atoms with Crippen LogP contribution in [-0.2, 0) is 16.1 Å². The summed E-state index contributed by atoms with van der Waals surface area (Å²) in [7, 11) is 0. The summed E-state index contributed by atoms with van der Waals surface area (Å²) in [6, 6.07) is 16.3. The van der Waals surface area contributed by atoms with E-state index in [0.29, 0.717) is 25.2 Å². The Bertz CT molecular complexity index is 1160. The van der Waals surface area contributed by atoms with Crippen molar-refractivity contribution in [2.75, 3.05) is 6.54 Å². The van der Waals surface area contributed by atoms with Crippen molar-refractivity contribution in [1.82, 2.24) is 25.1 Å². The SMILES string of the molecule is CCC(=O)NC(C)C(=O)NC1CN(C(=O)c2cncn2-c2ccccc2)Cc2ccccc21. The van der Waals surface area contributed by atoms with E-state index in [1.165, 1.54) is 0 Å². The normalized spacial score (nSPS) is 15.9. The lowest BCUT2D eigenvalue weighted by Crippen LogP contribution is -2.50. The van der Waals surface area contributed by atoms with Crippen LogP contribution in [-0.4, -0.2) is 44.8 Å². The maximum atomic E-state index is 13.5. The van der Waals surface area contributed by atoms with Gasteiger partial charge in [-0.1, -0.05) is 49.4 Å². The van der Waals surface area contributed by atoms with Crippen LogP contribution < -0.4 is 10.6 Å². The smallest absolute Gasteiger partial charge is 0.272 e. The molecule has 0 saturated heterocycles. The first-order valence-corrected chi connectivity index (χ1v) is 11.0. The number of aromatic nitrogens is 2. The van der Waals surface area contributed by atoms with Gasteiger partial charge in [0.15, 0.2) is 0 Å². The van der Waals surface area contributed by atoms with Crippen molar-refractivity contribution < 1.29 is 14.4 Å². The second-order valence-electron chi connectivity index (χ2n) is 8.07. The molecule has 1 aromatic heterocycles. The van der Waals surface area contributed by atoms with Gasteiger partial charge in [-0.25, -0.2) is 4.98 Å². The zero-order valence-electron chi connectivity index (χ0n) is 18.7. The first kappa shape index (κ1) is 22.3. The van der Waals surface area contributed by atoms with Gasteiger partial charge in [-0.2, -0.15) is 0 Å². The molecule has 2 heterocycles. The van der Waals surface area contributed by atoms with Crippen LogP contribution in [0.1, 0.15) is 47.9 Å². The minimum Gasteiger partial charge on any atom is -0.346 e. The summed E-state index contributed by atoms with van der Waals surface area (Å²) in [5, 5.41) is 5.69. The Labute approximate surface area is 192 Å². The molecule has 8 nitrogen and oxygen atoms in total. The molecule has 4 rings (SSSR count). The van der Waals surface area contributed by atoms with Gasteiger partial charge in [0.2, 0.25) is 11.8 Å². The van der Waals surface area contributed by atoms with E-state index in [9.17, 15) is 14.4 Å². The quantitative estimate of drug-likeness (QED) is 0.610. The highest BCUT2D eigenvalue weighted by atomic mass is 16.2. The van der Waals surface area contributed by atoms with E-state index < -0.39 is 6.04 Å². The van der Waals surface area contributed by atoms with Crippen molar-refractivity contribution in [2.45, 2.75) is 38.9 Å². The number of rotatable bonds is 6. The van der Waals surface area contributed by atoms with E-state index >= 15 is 0 Å². The zero-order valence-corrected chi connectivity index (χ0v) is 18.7. The van der Waals surface area contributed by atoms with Crippen LogP contribution in [0.4, 0.5) is 0 Å². The van der Waals surface area contributed by atoms with Crippen molar-refractivity contribution in [3.8, 4) is 5.69 Å². The second-order valence-corrected chi connectivity index (χ2v) is 8.07. The number of carbonyl (C=O) groups is 3. The van der Waals surface area contributed by atoms with Crippen LogP contribution in [0.2, 0.25) is 0 Å². The number of hydrogen-bond acceptors (Lipinski definition) is 4. The molecule has 1 aliphatic rings. The Morgan fingerprint density at radius 1 is 1.09 bits per heavy atom. The van der Waals surface area contributed by atoms with Crippen molar-refractivity contribution in [2.24, 2.45) is 0 Å². The highest BCUT2D eigenvalue weighted by molar-refractivity contribution is 5.93. The lowest BCUT2D eigenvalue weighted by atomic mass is 9.95. The number of benzene rings is 2. The molecule has 2 N–H and O–H groups in total.